The lowest BCUT2D eigenvalue weighted by Gasteiger charge is -2.31. The Morgan fingerprint density at radius 2 is 1.80 bits per heavy atom. The van der Waals surface area contributed by atoms with Gasteiger partial charge >= 0.3 is 0 Å². The molecule has 25 heavy (non-hydrogen) atoms. The first kappa shape index (κ1) is 19.6. The van der Waals surface area contributed by atoms with Crippen molar-refractivity contribution in [1.82, 2.24) is 0 Å². The molecule has 3 rings (SSSR count). The number of pyridine rings is 1. The number of rotatable bonds is 2. The first-order chi connectivity index (χ1) is 11.6. The fourth-order valence-corrected chi connectivity index (χ4v) is 3.77. The molecule has 2 aromatic rings. The standard InChI is InChI=1S/C12H20N2.C7H8O3S/c1-13-8-4-6-11(10-13)12-7-5-9-14(12,2)3;1-6-2-4-7(5-3-6)11(8,9)10/h4,6,8,10,12H,5,7,9H2,1-3H3;2-5H,1H3,(H,8,9,10)/q+2;. The monoisotopic (exact) mass is 364 g/mol. The zero-order valence-electron chi connectivity index (χ0n) is 15.4. The van der Waals surface area contributed by atoms with Gasteiger partial charge < -0.3 is 4.48 Å². The van der Waals surface area contributed by atoms with Crippen LogP contribution in [0.15, 0.2) is 53.7 Å². The van der Waals surface area contributed by atoms with Gasteiger partial charge in [-0.2, -0.15) is 8.42 Å². The summed E-state index contributed by atoms with van der Waals surface area (Å²) >= 11 is 0. The molecule has 0 aliphatic carbocycles. The Labute approximate surface area is 150 Å². The van der Waals surface area contributed by atoms with Crippen LogP contribution in [0.2, 0.25) is 0 Å². The highest BCUT2D eigenvalue weighted by molar-refractivity contribution is 7.85. The number of hydrogen-bond donors (Lipinski definition) is 1. The number of hydrogen-bond acceptors (Lipinski definition) is 2. The average molecular weight is 365 g/mol. The van der Waals surface area contributed by atoms with Crippen molar-refractivity contribution in [2.75, 3.05) is 20.6 Å². The highest BCUT2D eigenvalue weighted by Crippen LogP contribution is 2.34. The van der Waals surface area contributed by atoms with Gasteiger partial charge in [0.05, 0.1) is 31.1 Å². The zero-order chi connectivity index (χ0) is 18.7. The summed E-state index contributed by atoms with van der Waals surface area (Å²) in [6, 6.07) is 11.1. The van der Waals surface area contributed by atoms with Crippen LogP contribution in [0, 0.1) is 6.92 Å². The summed E-state index contributed by atoms with van der Waals surface area (Å²) in [6.07, 6.45) is 7.04. The summed E-state index contributed by atoms with van der Waals surface area (Å²) in [5.74, 6) is 0. The molecular weight excluding hydrogens is 336 g/mol. The van der Waals surface area contributed by atoms with Crippen LogP contribution in [0.1, 0.15) is 30.0 Å². The van der Waals surface area contributed by atoms with Crippen molar-refractivity contribution in [3.8, 4) is 0 Å². The Morgan fingerprint density at radius 3 is 2.28 bits per heavy atom. The molecule has 1 unspecified atom stereocenters. The van der Waals surface area contributed by atoms with Gasteiger partial charge in [0.2, 0.25) is 0 Å². The average Bonchev–Trinajstić information content (AvgIpc) is 2.87. The molecule has 2 heterocycles. The molecule has 0 bridgehead atoms. The lowest BCUT2D eigenvalue weighted by molar-refractivity contribution is -0.908. The van der Waals surface area contributed by atoms with Gasteiger partial charge in [0.15, 0.2) is 12.4 Å². The molecule has 1 aromatic heterocycles. The van der Waals surface area contributed by atoms with E-state index < -0.39 is 10.1 Å². The molecule has 1 N–H and O–H groups in total. The second-order valence-electron chi connectivity index (χ2n) is 7.25. The summed E-state index contributed by atoms with van der Waals surface area (Å²) in [5.41, 5.74) is 2.44. The summed E-state index contributed by atoms with van der Waals surface area (Å²) in [4.78, 5) is -0.0666. The minimum absolute atomic E-state index is 0.0666. The molecule has 0 radical (unpaired) electrons. The van der Waals surface area contributed by atoms with E-state index in [4.69, 9.17) is 4.55 Å². The number of nitrogens with zero attached hydrogens (tertiary/aromatic N) is 2. The van der Waals surface area contributed by atoms with Crippen molar-refractivity contribution in [3.63, 3.8) is 0 Å². The molecule has 0 spiro atoms. The zero-order valence-corrected chi connectivity index (χ0v) is 16.2. The van der Waals surface area contributed by atoms with Crippen LogP contribution in [0.4, 0.5) is 0 Å². The third-order valence-corrected chi connectivity index (χ3v) is 5.59. The second-order valence-corrected chi connectivity index (χ2v) is 8.67. The molecule has 136 valence electrons. The largest absolute Gasteiger partial charge is 0.322 e. The molecule has 1 fully saturated rings. The fourth-order valence-electron chi connectivity index (χ4n) is 3.29. The molecule has 1 atom stereocenters. The fraction of sp³-hybridized carbons (Fsp3) is 0.421. The Bertz CT molecular complexity index is 815. The van der Waals surface area contributed by atoms with E-state index in [9.17, 15) is 8.42 Å². The molecular formula is C19H28N2O3S+2. The quantitative estimate of drug-likeness (QED) is 0.506. The first-order valence-electron chi connectivity index (χ1n) is 8.41. The summed E-state index contributed by atoms with van der Waals surface area (Å²) in [5, 5.41) is 0. The van der Waals surface area contributed by atoms with Crippen molar-refractivity contribution in [2.45, 2.75) is 30.7 Å². The molecule has 0 saturated carbocycles. The van der Waals surface area contributed by atoms with Gasteiger partial charge in [0.1, 0.15) is 13.1 Å². The topological polar surface area (TPSA) is 58.2 Å². The Balaban J connectivity index is 0.000000186. The second kappa shape index (κ2) is 7.64. The van der Waals surface area contributed by atoms with Crippen LogP contribution in [-0.2, 0) is 17.2 Å². The summed E-state index contributed by atoms with van der Waals surface area (Å²) in [6.45, 7) is 3.15. The predicted molar refractivity (Wildman–Crippen MR) is 97.6 cm³/mol. The smallest absolute Gasteiger partial charge is 0.294 e. The predicted octanol–water partition coefficient (Wildman–Crippen LogP) is 2.66. The Hall–Kier alpha value is -1.76. The number of aromatic nitrogens is 1. The van der Waals surface area contributed by atoms with E-state index in [-0.39, 0.29) is 4.90 Å². The molecule has 6 heteroatoms. The number of quaternary nitrogens is 1. The van der Waals surface area contributed by atoms with E-state index in [0.717, 1.165) is 10.0 Å². The van der Waals surface area contributed by atoms with Crippen molar-refractivity contribution >= 4 is 10.1 Å². The van der Waals surface area contributed by atoms with E-state index in [1.165, 1.54) is 37.1 Å². The highest BCUT2D eigenvalue weighted by atomic mass is 32.2. The van der Waals surface area contributed by atoms with E-state index in [2.05, 4.69) is 50.2 Å². The highest BCUT2D eigenvalue weighted by Gasteiger charge is 2.36. The molecule has 1 aromatic carbocycles. The molecule has 5 nitrogen and oxygen atoms in total. The van der Waals surface area contributed by atoms with Gasteiger partial charge in [-0.25, -0.2) is 4.57 Å². The normalized spacial score (nSPS) is 19.2. The van der Waals surface area contributed by atoms with E-state index in [1.54, 1.807) is 12.1 Å². The third kappa shape index (κ3) is 5.36. The van der Waals surface area contributed by atoms with Crippen LogP contribution in [0.5, 0.6) is 0 Å². The van der Waals surface area contributed by atoms with Crippen LogP contribution in [0.3, 0.4) is 0 Å². The third-order valence-electron chi connectivity index (χ3n) is 4.72. The Kier molecular flexibility index (Phi) is 5.98. The lowest BCUT2D eigenvalue weighted by Crippen LogP contribution is -2.39. The van der Waals surface area contributed by atoms with Crippen LogP contribution in [0.25, 0.3) is 0 Å². The van der Waals surface area contributed by atoms with Gasteiger partial charge in [-0.1, -0.05) is 17.7 Å². The van der Waals surface area contributed by atoms with Gasteiger partial charge in [-0.15, -0.1) is 0 Å². The SMILES string of the molecule is C[n+]1cccc(C2CCC[N+]2(C)C)c1.Cc1ccc(S(=O)(=O)O)cc1. The minimum Gasteiger partial charge on any atom is -0.322 e. The van der Waals surface area contributed by atoms with Crippen LogP contribution < -0.4 is 4.57 Å². The van der Waals surface area contributed by atoms with Gasteiger partial charge in [-0.3, -0.25) is 4.55 Å². The molecule has 1 aliphatic heterocycles. The molecule has 1 saturated heterocycles. The maximum atomic E-state index is 10.5. The molecule has 0 amide bonds. The maximum Gasteiger partial charge on any atom is 0.294 e. The van der Waals surface area contributed by atoms with Crippen molar-refractivity contribution in [1.29, 1.82) is 0 Å². The lowest BCUT2D eigenvalue weighted by atomic mass is 10.1. The van der Waals surface area contributed by atoms with Gasteiger partial charge in [-0.05, 0) is 25.1 Å². The maximum absolute atomic E-state index is 10.5. The van der Waals surface area contributed by atoms with Crippen LogP contribution in [-0.4, -0.2) is 38.1 Å². The molecule has 1 aliphatic rings. The number of likely N-dealkylation sites (tertiary alicyclic amines) is 1. The van der Waals surface area contributed by atoms with E-state index >= 15 is 0 Å². The van der Waals surface area contributed by atoms with Crippen molar-refractivity contribution in [2.24, 2.45) is 7.05 Å². The Morgan fingerprint density at radius 1 is 1.16 bits per heavy atom. The number of benzene rings is 1. The number of aryl methyl sites for hydroxylation is 2. The van der Waals surface area contributed by atoms with E-state index in [1.807, 2.05) is 6.92 Å². The van der Waals surface area contributed by atoms with E-state index in [0.29, 0.717) is 6.04 Å². The van der Waals surface area contributed by atoms with Crippen LogP contribution >= 0.6 is 0 Å². The van der Waals surface area contributed by atoms with Crippen molar-refractivity contribution in [3.05, 3.63) is 59.9 Å². The summed E-state index contributed by atoms with van der Waals surface area (Å²) in [7, 11) is 2.75. The van der Waals surface area contributed by atoms with Gasteiger partial charge in [0.25, 0.3) is 10.1 Å². The summed E-state index contributed by atoms with van der Waals surface area (Å²) < 4.78 is 32.8. The minimum atomic E-state index is -4.02. The van der Waals surface area contributed by atoms with Crippen molar-refractivity contribution < 1.29 is 22.0 Å². The first-order valence-corrected chi connectivity index (χ1v) is 9.85. The van der Waals surface area contributed by atoms with Gasteiger partial charge in [0, 0.05) is 18.9 Å².